The topological polar surface area (TPSA) is 143 Å². The Morgan fingerprint density at radius 1 is 1.24 bits per heavy atom. The van der Waals surface area contributed by atoms with E-state index in [2.05, 4.69) is 35.8 Å². The number of rotatable bonds is 7. The first-order valence-corrected chi connectivity index (χ1v) is 11.4. The number of hydrogen-bond donors (Lipinski definition) is 3. The zero-order chi connectivity index (χ0) is 23.5. The summed E-state index contributed by atoms with van der Waals surface area (Å²) in [5.41, 5.74) is 4.31. The third kappa shape index (κ3) is 4.46. The normalized spacial score (nSPS) is 14.1. The molecule has 2 amide bonds. The Labute approximate surface area is 195 Å². The minimum atomic E-state index is -0.382. The van der Waals surface area contributed by atoms with Crippen LogP contribution in [0, 0.1) is 6.92 Å². The molecular formula is C23H26N8O3. The standard InChI is InChI=1S/C23H26N8O3/c1-14-11-16(12-25-20(14)22-29-19(34-30-22)7-4-10-32)27-23(33)28-17-13-24-18-8-9-26-31(18)21(17)15-5-2-3-6-15/h8-9,11-13,15,32H,2-7,10H2,1H3,(H2,27,28,33). The summed E-state index contributed by atoms with van der Waals surface area (Å²) in [5.74, 6) is 1.16. The number of amides is 2. The highest BCUT2D eigenvalue weighted by molar-refractivity contribution is 6.00. The van der Waals surface area contributed by atoms with Gasteiger partial charge < -0.3 is 20.3 Å². The highest BCUT2D eigenvalue weighted by Gasteiger charge is 2.24. The molecule has 5 rings (SSSR count). The average molecular weight is 463 g/mol. The number of fused-ring (bicyclic) bond motifs is 1. The molecule has 4 aromatic rings. The van der Waals surface area contributed by atoms with E-state index in [0.29, 0.717) is 47.5 Å². The second-order valence-electron chi connectivity index (χ2n) is 8.45. The zero-order valence-electron chi connectivity index (χ0n) is 18.9. The molecule has 0 atom stereocenters. The van der Waals surface area contributed by atoms with Gasteiger partial charge in [0.2, 0.25) is 11.7 Å². The zero-order valence-corrected chi connectivity index (χ0v) is 18.9. The number of nitrogens with one attached hydrogen (secondary N) is 2. The first kappa shape index (κ1) is 22.0. The van der Waals surface area contributed by atoms with Crippen LogP contribution in [-0.2, 0) is 6.42 Å². The van der Waals surface area contributed by atoms with Crippen LogP contribution in [0.1, 0.15) is 55.2 Å². The van der Waals surface area contributed by atoms with Gasteiger partial charge in [0.15, 0.2) is 5.65 Å². The Kier molecular flexibility index (Phi) is 6.17. The molecule has 1 saturated carbocycles. The van der Waals surface area contributed by atoms with Crippen LogP contribution in [-0.4, -0.2) is 47.5 Å². The lowest BCUT2D eigenvalue weighted by molar-refractivity contribution is 0.262. The third-order valence-electron chi connectivity index (χ3n) is 6.01. The number of aliphatic hydroxyl groups excluding tert-OH is 1. The lowest BCUT2D eigenvalue weighted by Gasteiger charge is -2.17. The van der Waals surface area contributed by atoms with Gasteiger partial charge in [-0.15, -0.1) is 0 Å². The number of anilines is 2. The molecule has 0 aliphatic heterocycles. The molecule has 34 heavy (non-hydrogen) atoms. The van der Waals surface area contributed by atoms with Crippen molar-refractivity contribution in [2.24, 2.45) is 0 Å². The van der Waals surface area contributed by atoms with Crippen LogP contribution >= 0.6 is 0 Å². The molecule has 1 aliphatic carbocycles. The van der Waals surface area contributed by atoms with Crippen molar-refractivity contribution in [2.75, 3.05) is 17.2 Å². The molecule has 3 N–H and O–H groups in total. The molecule has 176 valence electrons. The minimum Gasteiger partial charge on any atom is -0.396 e. The highest BCUT2D eigenvalue weighted by atomic mass is 16.5. The van der Waals surface area contributed by atoms with Gasteiger partial charge in [-0.2, -0.15) is 10.1 Å². The summed E-state index contributed by atoms with van der Waals surface area (Å²) in [6.45, 7) is 1.92. The maximum atomic E-state index is 12.8. The second-order valence-corrected chi connectivity index (χ2v) is 8.45. The van der Waals surface area contributed by atoms with Crippen LogP contribution in [0.2, 0.25) is 0 Å². The number of nitrogens with zero attached hydrogens (tertiary/aromatic N) is 6. The van der Waals surface area contributed by atoms with E-state index in [9.17, 15) is 4.79 Å². The van der Waals surface area contributed by atoms with E-state index < -0.39 is 0 Å². The predicted octanol–water partition coefficient (Wildman–Crippen LogP) is 3.71. The van der Waals surface area contributed by atoms with Crippen molar-refractivity contribution in [3.8, 4) is 11.5 Å². The lowest BCUT2D eigenvalue weighted by atomic mass is 10.0. The van der Waals surface area contributed by atoms with Gasteiger partial charge >= 0.3 is 6.03 Å². The van der Waals surface area contributed by atoms with Gasteiger partial charge in [0.25, 0.3) is 0 Å². The summed E-state index contributed by atoms with van der Waals surface area (Å²) in [6, 6.07) is 3.28. The monoisotopic (exact) mass is 462 g/mol. The largest absolute Gasteiger partial charge is 0.396 e. The Morgan fingerprint density at radius 2 is 2.09 bits per heavy atom. The lowest BCUT2D eigenvalue weighted by Crippen LogP contribution is -2.22. The van der Waals surface area contributed by atoms with E-state index >= 15 is 0 Å². The number of aromatic nitrogens is 6. The Bertz CT molecular complexity index is 1310. The summed E-state index contributed by atoms with van der Waals surface area (Å²) in [5, 5.41) is 23.1. The molecule has 0 bridgehead atoms. The number of aryl methyl sites for hydroxylation is 2. The van der Waals surface area contributed by atoms with Gasteiger partial charge in [-0.05, 0) is 37.8 Å². The SMILES string of the molecule is Cc1cc(NC(=O)Nc2cnc3ccnn3c2C2CCCC2)cnc1-c1noc(CCCO)n1. The summed E-state index contributed by atoms with van der Waals surface area (Å²) in [6.07, 6.45) is 10.5. The predicted molar refractivity (Wildman–Crippen MR) is 125 cm³/mol. The van der Waals surface area contributed by atoms with Crippen molar-refractivity contribution >= 4 is 23.1 Å². The van der Waals surface area contributed by atoms with Gasteiger partial charge in [0.05, 0.1) is 35.7 Å². The summed E-state index contributed by atoms with van der Waals surface area (Å²) >= 11 is 0. The molecule has 0 aromatic carbocycles. The van der Waals surface area contributed by atoms with E-state index in [1.165, 1.54) is 12.8 Å². The molecule has 4 heterocycles. The van der Waals surface area contributed by atoms with Crippen LogP contribution in [0.4, 0.5) is 16.2 Å². The second kappa shape index (κ2) is 9.56. The Balaban J connectivity index is 1.31. The molecule has 1 aliphatic rings. The van der Waals surface area contributed by atoms with Crippen LogP contribution in [0.25, 0.3) is 17.2 Å². The highest BCUT2D eigenvalue weighted by Crippen LogP contribution is 2.37. The van der Waals surface area contributed by atoms with Crippen molar-refractivity contribution < 1.29 is 14.4 Å². The maximum absolute atomic E-state index is 12.8. The fourth-order valence-corrected chi connectivity index (χ4v) is 4.42. The van der Waals surface area contributed by atoms with E-state index in [-0.39, 0.29) is 12.6 Å². The number of carbonyl (C=O) groups excluding carboxylic acids is 1. The van der Waals surface area contributed by atoms with Crippen LogP contribution in [0.5, 0.6) is 0 Å². The number of carbonyl (C=O) groups is 1. The minimum absolute atomic E-state index is 0.0609. The smallest absolute Gasteiger partial charge is 0.323 e. The van der Waals surface area contributed by atoms with Crippen molar-refractivity contribution in [2.45, 2.75) is 51.4 Å². The van der Waals surface area contributed by atoms with Crippen LogP contribution < -0.4 is 10.6 Å². The fraction of sp³-hybridized carbons (Fsp3) is 0.391. The van der Waals surface area contributed by atoms with Crippen molar-refractivity contribution in [3.63, 3.8) is 0 Å². The van der Waals surface area contributed by atoms with E-state index in [0.717, 1.165) is 29.7 Å². The summed E-state index contributed by atoms with van der Waals surface area (Å²) in [7, 11) is 0. The number of urea groups is 1. The molecule has 0 unspecified atom stereocenters. The van der Waals surface area contributed by atoms with Crippen molar-refractivity contribution in [1.29, 1.82) is 0 Å². The first-order chi connectivity index (χ1) is 16.6. The molecule has 11 nitrogen and oxygen atoms in total. The number of pyridine rings is 1. The fourth-order valence-electron chi connectivity index (χ4n) is 4.42. The van der Waals surface area contributed by atoms with Gasteiger partial charge in [-0.1, -0.05) is 18.0 Å². The van der Waals surface area contributed by atoms with Gasteiger partial charge in [0, 0.05) is 25.0 Å². The summed E-state index contributed by atoms with van der Waals surface area (Å²) < 4.78 is 7.04. The number of hydrogen-bond acceptors (Lipinski definition) is 8. The molecule has 0 spiro atoms. The molecule has 4 aromatic heterocycles. The quantitative estimate of drug-likeness (QED) is 0.377. The molecule has 11 heteroatoms. The van der Waals surface area contributed by atoms with E-state index in [1.54, 1.807) is 24.7 Å². The third-order valence-corrected chi connectivity index (χ3v) is 6.01. The molecule has 0 radical (unpaired) electrons. The summed E-state index contributed by atoms with van der Waals surface area (Å²) in [4.78, 5) is 26.0. The number of aliphatic hydroxyl groups is 1. The van der Waals surface area contributed by atoms with Gasteiger partial charge in [-0.3, -0.25) is 4.98 Å². The van der Waals surface area contributed by atoms with Crippen LogP contribution in [0.3, 0.4) is 0 Å². The van der Waals surface area contributed by atoms with E-state index in [1.807, 2.05) is 17.5 Å². The first-order valence-electron chi connectivity index (χ1n) is 11.4. The van der Waals surface area contributed by atoms with Gasteiger partial charge in [0.1, 0.15) is 5.69 Å². The maximum Gasteiger partial charge on any atom is 0.323 e. The molecule has 0 saturated heterocycles. The van der Waals surface area contributed by atoms with Crippen molar-refractivity contribution in [3.05, 3.63) is 47.9 Å². The van der Waals surface area contributed by atoms with Crippen LogP contribution in [0.15, 0.2) is 35.2 Å². The van der Waals surface area contributed by atoms with Gasteiger partial charge in [-0.25, -0.2) is 14.3 Å². The Hall–Kier alpha value is -3.86. The average Bonchev–Trinajstić information content (AvgIpc) is 3.59. The molecular weight excluding hydrogens is 436 g/mol. The van der Waals surface area contributed by atoms with Crippen molar-refractivity contribution in [1.82, 2.24) is 29.7 Å². The Morgan fingerprint density at radius 3 is 2.88 bits per heavy atom. The molecule has 1 fully saturated rings. The van der Waals surface area contributed by atoms with E-state index in [4.69, 9.17) is 9.63 Å².